The maximum absolute atomic E-state index is 12.6. The van der Waals surface area contributed by atoms with E-state index in [9.17, 15) is 4.79 Å². The number of hydrogen-bond donors (Lipinski definition) is 2. The molecular formula is C17H33N3O. The minimum absolute atomic E-state index is 0.0386. The molecular weight excluding hydrogens is 262 g/mol. The summed E-state index contributed by atoms with van der Waals surface area (Å²) in [6.45, 7) is 11.5. The molecule has 2 fully saturated rings. The van der Waals surface area contributed by atoms with Gasteiger partial charge in [-0.25, -0.2) is 0 Å². The lowest BCUT2D eigenvalue weighted by Gasteiger charge is -2.40. The average Bonchev–Trinajstić information content (AvgIpc) is 2.78. The highest BCUT2D eigenvalue weighted by Gasteiger charge is 2.38. The summed E-state index contributed by atoms with van der Waals surface area (Å²) in [6.07, 6.45) is 5.96. The Labute approximate surface area is 130 Å². The Kier molecular flexibility index (Phi) is 5.31. The molecule has 4 nitrogen and oxygen atoms in total. The molecule has 0 aromatic carbocycles. The van der Waals surface area contributed by atoms with Gasteiger partial charge in [0.15, 0.2) is 0 Å². The van der Waals surface area contributed by atoms with Gasteiger partial charge in [0.25, 0.3) is 0 Å². The van der Waals surface area contributed by atoms with Crippen LogP contribution in [-0.4, -0.2) is 47.1 Å². The first-order valence-electron chi connectivity index (χ1n) is 8.70. The first kappa shape index (κ1) is 16.8. The van der Waals surface area contributed by atoms with E-state index in [0.29, 0.717) is 18.1 Å². The highest BCUT2D eigenvalue weighted by Crippen LogP contribution is 2.30. The van der Waals surface area contributed by atoms with Crippen molar-refractivity contribution in [3.05, 3.63) is 0 Å². The van der Waals surface area contributed by atoms with Crippen LogP contribution in [0.25, 0.3) is 0 Å². The Hall–Kier alpha value is -0.610. The zero-order chi connectivity index (χ0) is 15.6. The van der Waals surface area contributed by atoms with Gasteiger partial charge in [-0.1, -0.05) is 13.8 Å². The van der Waals surface area contributed by atoms with E-state index in [4.69, 9.17) is 0 Å². The molecule has 0 aromatic heterocycles. The van der Waals surface area contributed by atoms with Crippen molar-refractivity contribution < 1.29 is 4.79 Å². The van der Waals surface area contributed by atoms with Gasteiger partial charge in [-0.2, -0.15) is 0 Å². The molecule has 2 bridgehead atoms. The van der Waals surface area contributed by atoms with E-state index >= 15 is 0 Å². The van der Waals surface area contributed by atoms with Crippen LogP contribution in [0.2, 0.25) is 0 Å². The maximum Gasteiger partial charge on any atom is 0.237 e. The number of fused-ring (bicyclic) bond motifs is 2. The van der Waals surface area contributed by atoms with Crippen LogP contribution in [0.4, 0.5) is 0 Å². The van der Waals surface area contributed by atoms with E-state index in [2.05, 4.69) is 50.2 Å². The molecule has 2 aliphatic heterocycles. The second-order valence-electron chi connectivity index (χ2n) is 7.50. The van der Waals surface area contributed by atoms with Crippen LogP contribution in [0.15, 0.2) is 0 Å². The molecule has 0 saturated carbocycles. The Bertz CT molecular complexity index is 357. The van der Waals surface area contributed by atoms with Gasteiger partial charge in [0, 0.05) is 23.7 Å². The molecule has 2 N–H and O–H groups in total. The number of nitrogens with one attached hydrogen (secondary N) is 2. The zero-order valence-electron chi connectivity index (χ0n) is 14.4. The standard InChI is InChI=1S/C17H33N3O/c1-6-17(4,5)19-16(21)12(3)20(7-2)15-10-13-8-9-14(11-15)18-13/h12-15,18H,6-11H2,1-5H3,(H,19,21). The van der Waals surface area contributed by atoms with Crippen LogP contribution in [0, 0.1) is 0 Å². The van der Waals surface area contributed by atoms with E-state index in [-0.39, 0.29) is 17.5 Å². The molecule has 3 unspecified atom stereocenters. The smallest absolute Gasteiger partial charge is 0.237 e. The number of piperidine rings is 1. The first-order chi connectivity index (χ1) is 9.86. The number of hydrogen-bond acceptors (Lipinski definition) is 3. The molecule has 0 aromatic rings. The van der Waals surface area contributed by atoms with Crippen LogP contribution in [0.1, 0.15) is 66.7 Å². The van der Waals surface area contributed by atoms with E-state index in [0.717, 1.165) is 13.0 Å². The lowest BCUT2D eigenvalue weighted by molar-refractivity contribution is -0.128. The minimum atomic E-state index is -0.113. The van der Waals surface area contributed by atoms with Crippen molar-refractivity contribution in [1.82, 2.24) is 15.5 Å². The largest absolute Gasteiger partial charge is 0.350 e. The molecule has 1 amide bonds. The van der Waals surface area contributed by atoms with Gasteiger partial charge in [-0.05, 0) is 59.4 Å². The number of carbonyl (C=O) groups excluding carboxylic acids is 1. The van der Waals surface area contributed by atoms with Crippen molar-refractivity contribution >= 4 is 5.91 Å². The van der Waals surface area contributed by atoms with Crippen molar-refractivity contribution in [3.8, 4) is 0 Å². The zero-order valence-corrected chi connectivity index (χ0v) is 14.4. The van der Waals surface area contributed by atoms with Crippen LogP contribution in [-0.2, 0) is 4.79 Å². The normalized spacial score (nSPS) is 30.5. The molecule has 21 heavy (non-hydrogen) atoms. The van der Waals surface area contributed by atoms with Gasteiger partial charge in [0.1, 0.15) is 0 Å². The summed E-state index contributed by atoms with van der Waals surface area (Å²) in [4.78, 5) is 15.0. The minimum Gasteiger partial charge on any atom is -0.350 e. The van der Waals surface area contributed by atoms with Crippen molar-refractivity contribution in [1.29, 1.82) is 0 Å². The summed E-state index contributed by atoms with van der Waals surface area (Å²) in [6, 6.07) is 1.86. The highest BCUT2D eigenvalue weighted by molar-refractivity contribution is 5.82. The summed E-state index contributed by atoms with van der Waals surface area (Å²) in [7, 11) is 0. The van der Waals surface area contributed by atoms with Crippen molar-refractivity contribution in [2.75, 3.05) is 6.54 Å². The molecule has 0 radical (unpaired) electrons. The Balaban J connectivity index is 1.98. The van der Waals surface area contributed by atoms with E-state index in [1.165, 1.54) is 25.7 Å². The van der Waals surface area contributed by atoms with E-state index in [1.54, 1.807) is 0 Å². The quantitative estimate of drug-likeness (QED) is 0.790. The van der Waals surface area contributed by atoms with Gasteiger partial charge in [-0.15, -0.1) is 0 Å². The lowest BCUT2D eigenvalue weighted by atomic mass is 9.96. The first-order valence-corrected chi connectivity index (χ1v) is 8.70. The molecule has 2 aliphatic rings. The summed E-state index contributed by atoms with van der Waals surface area (Å²) >= 11 is 0. The van der Waals surface area contributed by atoms with E-state index in [1.807, 2.05) is 0 Å². The second kappa shape index (κ2) is 6.66. The third-order valence-corrected chi connectivity index (χ3v) is 5.50. The van der Waals surface area contributed by atoms with Crippen LogP contribution >= 0.6 is 0 Å². The second-order valence-corrected chi connectivity index (χ2v) is 7.50. The lowest BCUT2D eigenvalue weighted by Crippen LogP contribution is -2.57. The third kappa shape index (κ3) is 3.98. The predicted molar refractivity (Wildman–Crippen MR) is 87.3 cm³/mol. The fraction of sp³-hybridized carbons (Fsp3) is 0.941. The highest BCUT2D eigenvalue weighted by atomic mass is 16.2. The maximum atomic E-state index is 12.6. The monoisotopic (exact) mass is 295 g/mol. The number of rotatable bonds is 6. The third-order valence-electron chi connectivity index (χ3n) is 5.50. The molecule has 2 saturated heterocycles. The van der Waals surface area contributed by atoms with Crippen LogP contribution in [0.3, 0.4) is 0 Å². The van der Waals surface area contributed by atoms with Gasteiger partial charge < -0.3 is 10.6 Å². The summed E-state index contributed by atoms with van der Waals surface area (Å²) in [5.74, 6) is 0.176. The fourth-order valence-electron chi connectivity index (χ4n) is 3.82. The molecule has 122 valence electrons. The Morgan fingerprint density at radius 1 is 1.29 bits per heavy atom. The fourth-order valence-corrected chi connectivity index (χ4v) is 3.82. The SMILES string of the molecule is CCN(C1CC2CCC(C1)N2)C(C)C(=O)NC(C)(C)CC. The van der Waals surface area contributed by atoms with Gasteiger partial charge >= 0.3 is 0 Å². The van der Waals surface area contributed by atoms with E-state index < -0.39 is 0 Å². The molecule has 3 atom stereocenters. The van der Waals surface area contributed by atoms with Gasteiger partial charge in [0.2, 0.25) is 5.91 Å². The average molecular weight is 295 g/mol. The van der Waals surface area contributed by atoms with Crippen molar-refractivity contribution in [2.24, 2.45) is 0 Å². The molecule has 4 heteroatoms. The summed E-state index contributed by atoms with van der Waals surface area (Å²) in [5.41, 5.74) is -0.113. The topological polar surface area (TPSA) is 44.4 Å². The molecule has 2 rings (SSSR count). The summed E-state index contributed by atoms with van der Waals surface area (Å²) < 4.78 is 0. The molecule has 0 spiro atoms. The molecule has 0 aliphatic carbocycles. The van der Waals surface area contributed by atoms with Gasteiger partial charge in [-0.3, -0.25) is 9.69 Å². The van der Waals surface area contributed by atoms with Gasteiger partial charge in [0.05, 0.1) is 6.04 Å². The number of likely N-dealkylation sites (N-methyl/N-ethyl adjacent to an activating group) is 1. The van der Waals surface area contributed by atoms with Crippen LogP contribution in [0.5, 0.6) is 0 Å². The van der Waals surface area contributed by atoms with Crippen molar-refractivity contribution in [3.63, 3.8) is 0 Å². The number of carbonyl (C=O) groups is 1. The Morgan fingerprint density at radius 2 is 1.86 bits per heavy atom. The summed E-state index contributed by atoms with van der Waals surface area (Å²) in [5, 5.41) is 6.89. The van der Waals surface area contributed by atoms with Crippen LogP contribution < -0.4 is 10.6 Å². The molecule has 2 heterocycles. The Morgan fingerprint density at radius 3 is 2.33 bits per heavy atom. The number of amides is 1. The predicted octanol–water partition coefficient (Wildman–Crippen LogP) is 2.28. The van der Waals surface area contributed by atoms with Crippen molar-refractivity contribution in [2.45, 2.75) is 96.4 Å². The number of nitrogens with zero attached hydrogens (tertiary/aromatic N) is 1.